The summed E-state index contributed by atoms with van der Waals surface area (Å²) in [7, 11) is 1.46. The molecule has 1 aromatic carbocycles. The van der Waals surface area contributed by atoms with E-state index >= 15 is 0 Å². The monoisotopic (exact) mass is 239 g/mol. The highest BCUT2D eigenvalue weighted by molar-refractivity contribution is 5.66. The maximum absolute atomic E-state index is 10.8. The molecule has 6 nitrogen and oxygen atoms in total. The number of ether oxygens (including phenoxy) is 2. The van der Waals surface area contributed by atoms with Gasteiger partial charge in [-0.3, -0.25) is 14.9 Å². The maximum atomic E-state index is 10.8. The molecule has 0 unspecified atom stereocenters. The molecule has 0 fully saturated rings. The summed E-state index contributed by atoms with van der Waals surface area (Å²) in [6.45, 7) is 2.84. The highest BCUT2D eigenvalue weighted by Crippen LogP contribution is 2.30. The van der Waals surface area contributed by atoms with Gasteiger partial charge in [-0.05, 0) is 13.0 Å². The molecule has 6 heteroatoms. The first-order chi connectivity index (χ1) is 7.97. The summed E-state index contributed by atoms with van der Waals surface area (Å²) in [5, 5.41) is 10.8. The molecule has 0 atom stereocenters. The van der Waals surface area contributed by atoms with Gasteiger partial charge in [-0.1, -0.05) is 0 Å². The van der Waals surface area contributed by atoms with Gasteiger partial charge >= 0.3 is 5.97 Å². The number of carbonyl (C=O) groups excluding carboxylic acids is 1. The topological polar surface area (TPSA) is 78.7 Å². The van der Waals surface area contributed by atoms with Crippen molar-refractivity contribution in [2.75, 3.05) is 7.11 Å². The molecule has 0 saturated heterocycles. The number of esters is 1. The van der Waals surface area contributed by atoms with Gasteiger partial charge in [-0.15, -0.1) is 0 Å². The Hall–Kier alpha value is -2.11. The highest BCUT2D eigenvalue weighted by Gasteiger charge is 2.18. The normalized spacial score (nSPS) is 9.82. The van der Waals surface area contributed by atoms with Crippen LogP contribution in [0.5, 0.6) is 5.75 Å². The lowest BCUT2D eigenvalue weighted by molar-refractivity contribution is -0.385. The minimum Gasteiger partial charge on any atom is -0.496 e. The summed E-state index contributed by atoms with van der Waals surface area (Å²) in [5.41, 5.74) is 0.931. The summed E-state index contributed by atoms with van der Waals surface area (Å²) < 4.78 is 9.92. The molecule has 92 valence electrons. The number of hydrogen-bond acceptors (Lipinski definition) is 5. The molecule has 0 aliphatic heterocycles. The van der Waals surface area contributed by atoms with Crippen LogP contribution in [0.25, 0.3) is 0 Å². The summed E-state index contributed by atoms with van der Waals surface area (Å²) in [5.74, 6) is 0.0207. The van der Waals surface area contributed by atoms with Crippen LogP contribution in [-0.4, -0.2) is 18.0 Å². The van der Waals surface area contributed by atoms with Crippen molar-refractivity contribution in [3.63, 3.8) is 0 Å². The largest absolute Gasteiger partial charge is 0.496 e. The van der Waals surface area contributed by atoms with Crippen molar-refractivity contribution < 1.29 is 19.2 Å². The zero-order valence-electron chi connectivity index (χ0n) is 9.85. The summed E-state index contributed by atoms with van der Waals surface area (Å²) in [6, 6.07) is 2.86. The molecule has 0 aliphatic rings. The number of nitro groups is 1. The lowest BCUT2D eigenvalue weighted by atomic mass is 10.1. The molecule has 0 spiro atoms. The molecule has 0 aromatic heterocycles. The van der Waals surface area contributed by atoms with Gasteiger partial charge in [0, 0.05) is 24.1 Å². The van der Waals surface area contributed by atoms with E-state index < -0.39 is 10.9 Å². The summed E-state index contributed by atoms with van der Waals surface area (Å²) in [4.78, 5) is 21.0. The van der Waals surface area contributed by atoms with Gasteiger partial charge in [0.15, 0.2) is 0 Å². The molecule has 0 amide bonds. The van der Waals surface area contributed by atoms with Crippen molar-refractivity contribution in [2.45, 2.75) is 20.5 Å². The molecule has 0 N–H and O–H groups in total. The van der Waals surface area contributed by atoms with E-state index in [1.807, 2.05) is 0 Å². The van der Waals surface area contributed by atoms with Gasteiger partial charge in [0.1, 0.15) is 12.4 Å². The van der Waals surface area contributed by atoms with Crippen LogP contribution in [-0.2, 0) is 16.1 Å². The molecule has 0 heterocycles. The third-order valence-corrected chi connectivity index (χ3v) is 2.36. The Kier molecular flexibility index (Phi) is 4.03. The number of benzene rings is 1. The second-order valence-electron chi connectivity index (χ2n) is 3.43. The second-order valence-corrected chi connectivity index (χ2v) is 3.43. The first kappa shape index (κ1) is 13.0. The van der Waals surface area contributed by atoms with E-state index in [2.05, 4.69) is 0 Å². The van der Waals surface area contributed by atoms with Gasteiger partial charge in [0.05, 0.1) is 12.0 Å². The SMILES string of the molecule is COc1ccc([N+](=O)[O-])c(C)c1COC(C)=O. The maximum Gasteiger partial charge on any atom is 0.302 e. The van der Waals surface area contributed by atoms with E-state index in [4.69, 9.17) is 9.47 Å². The van der Waals surface area contributed by atoms with Crippen LogP contribution < -0.4 is 4.74 Å². The fraction of sp³-hybridized carbons (Fsp3) is 0.364. The lowest BCUT2D eigenvalue weighted by Crippen LogP contribution is -2.04. The third-order valence-electron chi connectivity index (χ3n) is 2.36. The zero-order chi connectivity index (χ0) is 13.0. The Labute approximate surface area is 98.3 Å². The summed E-state index contributed by atoms with van der Waals surface area (Å²) in [6.07, 6.45) is 0. The van der Waals surface area contributed by atoms with Crippen LogP contribution in [0, 0.1) is 17.0 Å². The van der Waals surface area contributed by atoms with Crippen molar-refractivity contribution in [3.05, 3.63) is 33.4 Å². The number of methoxy groups -OCH3 is 1. The Morgan fingerprint density at radius 3 is 2.59 bits per heavy atom. The van der Waals surface area contributed by atoms with E-state index in [0.29, 0.717) is 16.9 Å². The van der Waals surface area contributed by atoms with E-state index in [9.17, 15) is 14.9 Å². The first-order valence-electron chi connectivity index (χ1n) is 4.91. The van der Waals surface area contributed by atoms with E-state index in [0.717, 1.165) is 0 Å². The van der Waals surface area contributed by atoms with Crippen molar-refractivity contribution in [3.8, 4) is 5.75 Å². The molecule has 1 rings (SSSR count). The Balaban J connectivity index is 3.17. The average Bonchev–Trinajstić information content (AvgIpc) is 2.26. The predicted molar refractivity (Wildman–Crippen MR) is 59.9 cm³/mol. The molecule has 1 aromatic rings. The number of nitrogens with zero attached hydrogens (tertiary/aromatic N) is 1. The highest BCUT2D eigenvalue weighted by atomic mass is 16.6. The van der Waals surface area contributed by atoms with Crippen molar-refractivity contribution in [1.29, 1.82) is 0 Å². The smallest absolute Gasteiger partial charge is 0.302 e. The van der Waals surface area contributed by atoms with E-state index in [1.165, 1.54) is 26.2 Å². The van der Waals surface area contributed by atoms with Crippen molar-refractivity contribution in [1.82, 2.24) is 0 Å². The minimum atomic E-state index is -0.480. The van der Waals surface area contributed by atoms with Gasteiger partial charge in [-0.25, -0.2) is 0 Å². The summed E-state index contributed by atoms with van der Waals surface area (Å²) >= 11 is 0. The molecule has 0 saturated carbocycles. The third kappa shape index (κ3) is 2.93. The van der Waals surface area contributed by atoms with Gasteiger partial charge in [-0.2, -0.15) is 0 Å². The Morgan fingerprint density at radius 1 is 1.47 bits per heavy atom. The Morgan fingerprint density at radius 2 is 2.12 bits per heavy atom. The van der Waals surface area contributed by atoms with E-state index in [-0.39, 0.29) is 12.3 Å². The van der Waals surface area contributed by atoms with Crippen molar-refractivity contribution in [2.24, 2.45) is 0 Å². The van der Waals surface area contributed by atoms with Gasteiger partial charge in [0.2, 0.25) is 0 Å². The predicted octanol–water partition coefficient (Wildman–Crippen LogP) is 1.97. The first-order valence-corrected chi connectivity index (χ1v) is 4.91. The lowest BCUT2D eigenvalue weighted by Gasteiger charge is -2.11. The quantitative estimate of drug-likeness (QED) is 0.456. The molecular formula is C11H13NO5. The minimum absolute atomic E-state index is 0.0204. The Bertz CT molecular complexity index is 455. The molecule has 0 radical (unpaired) electrons. The van der Waals surface area contributed by atoms with Gasteiger partial charge < -0.3 is 9.47 Å². The average molecular weight is 239 g/mol. The number of nitro benzene ring substituents is 1. The van der Waals surface area contributed by atoms with Crippen LogP contribution in [0.3, 0.4) is 0 Å². The number of carbonyl (C=O) groups is 1. The second kappa shape index (κ2) is 5.29. The molecule has 0 bridgehead atoms. The fourth-order valence-electron chi connectivity index (χ4n) is 1.46. The fourth-order valence-corrected chi connectivity index (χ4v) is 1.46. The van der Waals surface area contributed by atoms with Crippen LogP contribution in [0.1, 0.15) is 18.1 Å². The molecule has 0 aliphatic carbocycles. The van der Waals surface area contributed by atoms with Crippen LogP contribution >= 0.6 is 0 Å². The number of rotatable bonds is 4. The van der Waals surface area contributed by atoms with E-state index in [1.54, 1.807) is 6.92 Å². The van der Waals surface area contributed by atoms with Crippen molar-refractivity contribution >= 4 is 11.7 Å². The van der Waals surface area contributed by atoms with Crippen LogP contribution in [0.4, 0.5) is 5.69 Å². The van der Waals surface area contributed by atoms with Crippen LogP contribution in [0.2, 0.25) is 0 Å². The molecule has 17 heavy (non-hydrogen) atoms. The molecular weight excluding hydrogens is 226 g/mol. The standard InChI is InChI=1S/C11H13NO5/c1-7-9(6-17-8(2)13)11(16-3)5-4-10(7)12(14)15/h4-5H,6H2,1-3H3. The zero-order valence-corrected chi connectivity index (χ0v) is 9.85. The van der Waals surface area contributed by atoms with Gasteiger partial charge in [0.25, 0.3) is 5.69 Å². The number of hydrogen-bond donors (Lipinski definition) is 0. The van der Waals surface area contributed by atoms with Crippen LogP contribution in [0.15, 0.2) is 12.1 Å².